The van der Waals surface area contributed by atoms with E-state index in [0.29, 0.717) is 18.2 Å². The molecule has 11 heteroatoms. The number of anilines is 1. The fourth-order valence-electron chi connectivity index (χ4n) is 4.51. The summed E-state index contributed by atoms with van der Waals surface area (Å²) in [6, 6.07) is 7.56. The molecule has 0 aromatic carbocycles. The van der Waals surface area contributed by atoms with Crippen LogP contribution in [-0.4, -0.2) is 52.3 Å². The van der Waals surface area contributed by atoms with Gasteiger partial charge >= 0.3 is 0 Å². The number of nitrogens with one attached hydrogen (secondary N) is 1. The van der Waals surface area contributed by atoms with E-state index in [0.717, 1.165) is 48.6 Å². The van der Waals surface area contributed by atoms with Crippen molar-refractivity contribution in [2.45, 2.75) is 58.2 Å². The van der Waals surface area contributed by atoms with E-state index in [1.807, 2.05) is 26.0 Å². The molecule has 5 rings (SSSR count). The van der Waals surface area contributed by atoms with Crippen LogP contribution in [0.25, 0.3) is 11.6 Å². The first-order valence-electron chi connectivity index (χ1n) is 11.1. The van der Waals surface area contributed by atoms with Crippen LogP contribution in [0.3, 0.4) is 0 Å². The maximum absolute atomic E-state index is 12.6. The van der Waals surface area contributed by atoms with E-state index >= 15 is 0 Å². The van der Waals surface area contributed by atoms with Crippen molar-refractivity contribution in [1.29, 1.82) is 0 Å². The SMILES string of the molecule is COCc1cc(NC2CCC(n3nc(-n4nc(C)cc4C)ccc3=O)CC2)n2ncnc2n1. The van der Waals surface area contributed by atoms with E-state index in [1.165, 1.54) is 6.33 Å². The topological polar surface area (TPSA) is 117 Å². The first-order chi connectivity index (χ1) is 16.0. The summed E-state index contributed by atoms with van der Waals surface area (Å²) in [6.07, 6.45) is 5.00. The average molecular weight is 450 g/mol. The van der Waals surface area contributed by atoms with Crippen molar-refractivity contribution >= 4 is 11.6 Å². The van der Waals surface area contributed by atoms with E-state index in [4.69, 9.17) is 4.74 Å². The summed E-state index contributed by atoms with van der Waals surface area (Å²) in [4.78, 5) is 21.3. The van der Waals surface area contributed by atoms with Gasteiger partial charge in [-0.3, -0.25) is 4.79 Å². The number of aromatic nitrogens is 8. The molecule has 1 fully saturated rings. The van der Waals surface area contributed by atoms with Crippen LogP contribution in [0.2, 0.25) is 0 Å². The van der Waals surface area contributed by atoms with Crippen LogP contribution >= 0.6 is 0 Å². The van der Waals surface area contributed by atoms with Gasteiger partial charge < -0.3 is 10.1 Å². The second kappa shape index (κ2) is 8.74. The highest BCUT2D eigenvalue weighted by Gasteiger charge is 2.25. The minimum absolute atomic E-state index is 0.0559. The number of aryl methyl sites for hydroxylation is 2. The van der Waals surface area contributed by atoms with Crippen molar-refractivity contribution in [3.63, 3.8) is 0 Å². The Morgan fingerprint density at radius 1 is 1.12 bits per heavy atom. The number of nitrogens with zero attached hydrogens (tertiary/aromatic N) is 8. The van der Waals surface area contributed by atoms with E-state index in [9.17, 15) is 4.79 Å². The molecule has 4 aromatic heterocycles. The van der Waals surface area contributed by atoms with Crippen LogP contribution in [-0.2, 0) is 11.3 Å². The average Bonchev–Trinajstić information content (AvgIpc) is 3.41. The third kappa shape index (κ3) is 4.23. The summed E-state index contributed by atoms with van der Waals surface area (Å²) in [6.45, 7) is 4.34. The first kappa shape index (κ1) is 21.3. The summed E-state index contributed by atoms with van der Waals surface area (Å²) in [5.74, 6) is 2.05. The highest BCUT2D eigenvalue weighted by Crippen LogP contribution is 2.29. The van der Waals surface area contributed by atoms with Crippen LogP contribution in [0.1, 0.15) is 48.8 Å². The Balaban J connectivity index is 1.32. The Bertz CT molecular complexity index is 1330. The standard InChI is InChI=1S/C22H27N9O2/c1-14-10-15(2)29(27-14)19-8-9-21(32)30(28-19)18-6-4-16(5-7-18)25-20-11-17(12-33-3)26-22-23-13-24-31(20)22/h8-11,13,16,18,25H,4-7,12H2,1-3H3. The molecule has 1 aliphatic carbocycles. The number of fused-ring (bicyclic) bond motifs is 1. The van der Waals surface area contributed by atoms with Gasteiger partial charge in [-0.1, -0.05) is 0 Å². The van der Waals surface area contributed by atoms with Crippen LogP contribution in [0.5, 0.6) is 0 Å². The lowest BCUT2D eigenvalue weighted by Crippen LogP contribution is -2.34. The van der Waals surface area contributed by atoms with Crippen molar-refractivity contribution in [3.05, 3.63) is 58.0 Å². The zero-order valence-electron chi connectivity index (χ0n) is 19.0. The Labute approximate surface area is 190 Å². The van der Waals surface area contributed by atoms with E-state index < -0.39 is 0 Å². The molecule has 0 bridgehead atoms. The van der Waals surface area contributed by atoms with Crippen molar-refractivity contribution in [1.82, 2.24) is 39.1 Å². The Hall–Kier alpha value is -3.60. The van der Waals surface area contributed by atoms with E-state index in [2.05, 4.69) is 30.6 Å². The lowest BCUT2D eigenvalue weighted by molar-refractivity contribution is 0.181. The Morgan fingerprint density at radius 2 is 1.94 bits per heavy atom. The Morgan fingerprint density at radius 3 is 2.67 bits per heavy atom. The van der Waals surface area contributed by atoms with Crippen molar-refractivity contribution < 1.29 is 4.74 Å². The maximum atomic E-state index is 12.6. The van der Waals surface area contributed by atoms with Crippen LogP contribution in [0, 0.1) is 13.8 Å². The molecular weight excluding hydrogens is 422 g/mol. The van der Waals surface area contributed by atoms with Gasteiger partial charge in [-0.05, 0) is 51.7 Å². The third-order valence-electron chi connectivity index (χ3n) is 6.03. The first-order valence-corrected chi connectivity index (χ1v) is 11.1. The summed E-state index contributed by atoms with van der Waals surface area (Å²) in [5, 5.41) is 17.0. The molecule has 0 atom stereocenters. The van der Waals surface area contributed by atoms with E-state index in [1.54, 1.807) is 33.1 Å². The monoisotopic (exact) mass is 449 g/mol. The van der Waals surface area contributed by atoms with Gasteiger partial charge in [0.15, 0.2) is 5.82 Å². The Kier molecular flexibility index (Phi) is 5.63. The van der Waals surface area contributed by atoms with Gasteiger partial charge in [0.2, 0.25) is 0 Å². The van der Waals surface area contributed by atoms with Crippen molar-refractivity contribution in [2.24, 2.45) is 0 Å². The lowest BCUT2D eigenvalue weighted by atomic mass is 9.91. The second-order valence-corrected chi connectivity index (χ2v) is 8.50. The molecule has 1 N–H and O–H groups in total. The number of hydrogen-bond acceptors (Lipinski definition) is 8. The fraction of sp³-hybridized carbons (Fsp3) is 0.455. The maximum Gasteiger partial charge on any atom is 0.267 e. The number of rotatable bonds is 6. The molecule has 172 valence electrons. The normalized spacial score (nSPS) is 18.6. The molecule has 0 amide bonds. The van der Waals surface area contributed by atoms with Crippen LogP contribution < -0.4 is 10.9 Å². The van der Waals surface area contributed by atoms with Crippen LogP contribution in [0.4, 0.5) is 5.82 Å². The summed E-state index contributed by atoms with van der Waals surface area (Å²) >= 11 is 0. The smallest absolute Gasteiger partial charge is 0.267 e. The molecule has 11 nitrogen and oxygen atoms in total. The van der Waals surface area contributed by atoms with Gasteiger partial charge in [-0.2, -0.15) is 19.7 Å². The molecule has 1 saturated carbocycles. The van der Waals surface area contributed by atoms with Gasteiger partial charge in [0.05, 0.1) is 24.0 Å². The van der Waals surface area contributed by atoms with Crippen molar-refractivity contribution in [3.8, 4) is 5.82 Å². The zero-order chi connectivity index (χ0) is 22.9. The number of methoxy groups -OCH3 is 1. The molecule has 1 aliphatic rings. The number of ether oxygens (including phenoxy) is 1. The molecule has 4 aromatic rings. The largest absolute Gasteiger partial charge is 0.378 e. The molecule has 4 heterocycles. The van der Waals surface area contributed by atoms with Gasteiger partial charge in [0.25, 0.3) is 11.3 Å². The predicted octanol–water partition coefficient (Wildman–Crippen LogP) is 2.23. The van der Waals surface area contributed by atoms with Gasteiger partial charge in [0.1, 0.15) is 12.1 Å². The minimum Gasteiger partial charge on any atom is -0.378 e. The molecule has 0 spiro atoms. The summed E-state index contributed by atoms with van der Waals surface area (Å²) in [7, 11) is 1.64. The fourth-order valence-corrected chi connectivity index (χ4v) is 4.51. The lowest BCUT2D eigenvalue weighted by Gasteiger charge is -2.30. The van der Waals surface area contributed by atoms with Gasteiger partial charge in [-0.25, -0.2) is 14.3 Å². The zero-order valence-corrected chi connectivity index (χ0v) is 19.0. The van der Waals surface area contributed by atoms with Gasteiger partial charge in [0, 0.05) is 31.0 Å². The summed E-state index contributed by atoms with van der Waals surface area (Å²) in [5.41, 5.74) is 2.62. The van der Waals surface area contributed by atoms with Crippen molar-refractivity contribution in [2.75, 3.05) is 12.4 Å². The molecular formula is C22H27N9O2. The molecule has 33 heavy (non-hydrogen) atoms. The third-order valence-corrected chi connectivity index (χ3v) is 6.03. The highest BCUT2D eigenvalue weighted by atomic mass is 16.5. The quantitative estimate of drug-likeness (QED) is 0.476. The van der Waals surface area contributed by atoms with E-state index in [-0.39, 0.29) is 17.6 Å². The second-order valence-electron chi connectivity index (χ2n) is 8.50. The molecule has 0 radical (unpaired) electrons. The highest BCUT2D eigenvalue weighted by molar-refractivity contribution is 5.45. The van der Waals surface area contributed by atoms with Gasteiger partial charge in [-0.15, -0.1) is 5.10 Å². The molecule has 0 saturated heterocycles. The summed E-state index contributed by atoms with van der Waals surface area (Å²) < 4.78 is 10.3. The number of hydrogen-bond donors (Lipinski definition) is 1. The van der Waals surface area contributed by atoms with Crippen LogP contribution in [0.15, 0.2) is 35.4 Å². The predicted molar refractivity (Wildman–Crippen MR) is 122 cm³/mol. The molecule has 0 unspecified atom stereocenters. The minimum atomic E-state index is -0.0839. The molecule has 0 aliphatic heterocycles.